The summed E-state index contributed by atoms with van der Waals surface area (Å²) in [6.07, 6.45) is -1.12. The zero-order valence-electron chi connectivity index (χ0n) is 11.3. The normalized spacial score (nSPS) is 39.7. The standard InChI is InChI=1S/C12H17FO6/c1-7(14)18-12(6-11(12,13)9(15)16-4)8-5-17-10(2,3)19-8/h8H,5-6H2,1-4H3/t8-,11+,12-/m1/s1. The molecule has 19 heavy (non-hydrogen) atoms. The van der Waals surface area contributed by atoms with E-state index in [4.69, 9.17) is 14.2 Å². The lowest BCUT2D eigenvalue weighted by atomic mass is 10.1. The summed E-state index contributed by atoms with van der Waals surface area (Å²) in [5.41, 5.74) is -4.03. The Morgan fingerprint density at radius 1 is 1.37 bits per heavy atom. The number of hydrogen-bond donors (Lipinski definition) is 0. The van der Waals surface area contributed by atoms with E-state index in [-0.39, 0.29) is 13.0 Å². The monoisotopic (exact) mass is 276 g/mol. The Morgan fingerprint density at radius 2 is 2.00 bits per heavy atom. The average Bonchev–Trinajstić information content (AvgIpc) is 2.71. The second-order valence-corrected chi connectivity index (χ2v) is 5.27. The highest BCUT2D eigenvalue weighted by atomic mass is 19.1. The Labute approximate surface area is 110 Å². The minimum absolute atomic E-state index is 0.0446. The van der Waals surface area contributed by atoms with Crippen molar-refractivity contribution in [2.24, 2.45) is 0 Å². The van der Waals surface area contributed by atoms with Crippen molar-refractivity contribution in [3.05, 3.63) is 0 Å². The minimum atomic E-state index is -2.37. The van der Waals surface area contributed by atoms with Crippen LogP contribution in [0.1, 0.15) is 27.2 Å². The third kappa shape index (κ3) is 2.10. The van der Waals surface area contributed by atoms with Gasteiger partial charge in [0, 0.05) is 13.3 Å². The van der Waals surface area contributed by atoms with E-state index in [0.717, 1.165) is 14.0 Å². The van der Waals surface area contributed by atoms with E-state index in [1.165, 1.54) is 0 Å². The molecule has 0 N–H and O–H groups in total. The van der Waals surface area contributed by atoms with E-state index in [9.17, 15) is 14.0 Å². The van der Waals surface area contributed by atoms with Crippen molar-refractivity contribution in [2.75, 3.05) is 13.7 Å². The lowest BCUT2D eigenvalue weighted by Crippen LogP contribution is -2.45. The Kier molecular flexibility index (Phi) is 3.10. The molecule has 0 aromatic carbocycles. The SMILES string of the molecule is COC(=O)[C@@]1(F)C[C@@]1(OC(C)=O)[C@H]1COC(C)(C)O1. The summed E-state index contributed by atoms with van der Waals surface area (Å²) in [7, 11) is 1.08. The molecule has 0 unspecified atom stereocenters. The van der Waals surface area contributed by atoms with Crippen LogP contribution in [0.2, 0.25) is 0 Å². The quantitative estimate of drug-likeness (QED) is 0.707. The van der Waals surface area contributed by atoms with Gasteiger partial charge < -0.3 is 18.9 Å². The predicted octanol–water partition coefficient (Wildman–Crippen LogP) is 0.725. The second kappa shape index (κ2) is 4.14. The van der Waals surface area contributed by atoms with Gasteiger partial charge in [-0.25, -0.2) is 9.18 Å². The van der Waals surface area contributed by atoms with Crippen LogP contribution in [-0.2, 0) is 28.5 Å². The number of alkyl halides is 1. The van der Waals surface area contributed by atoms with Crippen LogP contribution in [0.5, 0.6) is 0 Å². The van der Waals surface area contributed by atoms with Gasteiger partial charge in [0.1, 0.15) is 6.10 Å². The Morgan fingerprint density at radius 3 is 2.42 bits per heavy atom. The number of hydrogen-bond acceptors (Lipinski definition) is 6. The molecule has 3 atom stereocenters. The second-order valence-electron chi connectivity index (χ2n) is 5.27. The summed E-state index contributed by atoms with van der Waals surface area (Å²) in [5, 5.41) is 0. The van der Waals surface area contributed by atoms with Gasteiger partial charge in [-0.15, -0.1) is 0 Å². The molecule has 2 aliphatic rings. The van der Waals surface area contributed by atoms with Crippen LogP contribution < -0.4 is 0 Å². The highest BCUT2D eigenvalue weighted by Crippen LogP contribution is 2.59. The molecular weight excluding hydrogens is 259 g/mol. The molecule has 0 bridgehead atoms. The minimum Gasteiger partial charge on any atom is -0.467 e. The maximum absolute atomic E-state index is 14.6. The van der Waals surface area contributed by atoms with Gasteiger partial charge in [-0.2, -0.15) is 0 Å². The van der Waals surface area contributed by atoms with Crippen LogP contribution in [0, 0.1) is 0 Å². The molecule has 0 aromatic heterocycles. The van der Waals surface area contributed by atoms with Gasteiger partial charge in [-0.3, -0.25) is 4.79 Å². The van der Waals surface area contributed by atoms with Gasteiger partial charge in [0.05, 0.1) is 13.7 Å². The van der Waals surface area contributed by atoms with E-state index in [1.807, 2.05) is 0 Å². The fourth-order valence-corrected chi connectivity index (χ4v) is 2.45. The topological polar surface area (TPSA) is 71.1 Å². The maximum Gasteiger partial charge on any atom is 0.348 e. The molecule has 7 heteroatoms. The molecule has 2 rings (SSSR count). The first kappa shape index (κ1) is 14.2. The first-order valence-corrected chi connectivity index (χ1v) is 5.95. The molecule has 6 nitrogen and oxygen atoms in total. The molecule has 1 saturated heterocycles. The number of carbonyl (C=O) groups is 2. The molecule has 1 heterocycles. The molecule has 2 fully saturated rings. The largest absolute Gasteiger partial charge is 0.467 e. The van der Waals surface area contributed by atoms with Crippen molar-refractivity contribution < 1.29 is 32.9 Å². The van der Waals surface area contributed by atoms with E-state index in [2.05, 4.69) is 4.74 Å². The third-order valence-electron chi connectivity index (χ3n) is 3.42. The van der Waals surface area contributed by atoms with Crippen molar-refractivity contribution in [3.8, 4) is 0 Å². The first-order valence-electron chi connectivity index (χ1n) is 5.95. The summed E-state index contributed by atoms with van der Waals surface area (Å²) >= 11 is 0. The fraction of sp³-hybridized carbons (Fsp3) is 0.833. The van der Waals surface area contributed by atoms with E-state index in [0.29, 0.717) is 0 Å². The number of esters is 2. The summed E-state index contributed by atoms with van der Waals surface area (Å²) in [5.74, 6) is -2.66. The molecule has 0 radical (unpaired) electrons. The van der Waals surface area contributed by atoms with Crippen LogP contribution in [0.25, 0.3) is 0 Å². The maximum atomic E-state index is 14.6. The van der Waals surface area contributed by atoms with Gasteiger partial charge in [0.25, 0.3) is 5.67 Å². The van der Waals surface area contributed by atoms with Crippen LogP contribution in [0.3, 0.4) is 0 Å². The zero-order valence-corrected chi connectivity index (χ0v) is 11.3. The van der Waals surface area contributed by atoms with Crippen LogP contribution in [0.15, 0.2) is 0 Å². The first-order chi connectivity index (χ1) is 8.67. The smallest absolute Gasteiger partial charge is 0.348 e. The van der Waals surface area contributed by atoms with Crippen molar-refractivity contribution in [2.45, 2.75) is 50.4 Å². The lowest BCUT2D eigenvalue weighted by molar-refractivity contribution is -0.184. The number of ether oxygens (including phenoxy) is 4. The average molecular weight is 276 g/mol. The highest BCUT2D eigenvalue weighted by molar-refractivity contribution is 5.87. The van der Waals surface area contributed by atoms with Gasteiger partial charge >= 0.3 is 11.9 Å². The van der Waals surface area contributed by atoms with E-state index in [1.54, 1.807) is 13.8 Å². The molecule has 108 valence electrons. The van der Waals surface area contributed by atoms with Gasteiger partial charge in [0.2, 0.25) is 0 Å². The molecule has 1 saturated carbocycles. The number of rotatable bonds is 3. The molecule has 0 amide bonds. The number of carbonyl (C=O) groups excluding carboxylic acids is 2. The summed E-state index contributed by atoms with van der Waals surface area (Å²) in [6, 6.07) is 0. The molecule has 1 aliphatic heterocycles. The van der Waals surface area contributed by atoms with Crippen LogP contribution in [0.4, 0.5) is 4.39 Å². The van der Waals surface area contributed by atoms with Crippen LogP contribution >= 0.6 is 0 Å². The Balaban J connectivity index is 2.25. The fourth-order valence-electron chi connectivity index (χ4n) is 2.45. The lowest BCUT2D eigenvalue weighted by Gasteiger charge is -2.25. The van der Waals surface area contributed by atoms with Gasteiger partial charge in [-0.1, -0.05) is 0 Å². The van der Waals surface area contributed by atoms with Crippen molar-refractivity contribution in [1.82, 2.24) is 0 Å². The predicted molar refractivity (Wildman–Crippen MR) is 59.9 cm³/mol. The van der Waals surface area contributed by atoms with Crippen molar-refractivity contribution >= 4 is 11.9 Å². The van der Waals surface area contributed by atoms with Crippen LogP contribution in [-0.4, -0.2) is 48.8 Å². The van der Waals surface area contributed by atoms with Gasteiger partial charge in [-0.05, 0) is 13.8 Å². The van der Waals surface area contributed by atoms with Crippen molar-refractivity contribution in [3.63, 3.8) is 0 Å². The molecule has 0 spiro atoms. The third-order valence-corrected chi connectivity index (χ3v) is 3.42. The summed E-state index contributed by atoms with van der Waals surface area (Å²) < 4.78 is 34.9. The zero-order chi connectivity index (χ0) is 14.5. The number of halogens is 1. The van der Waals surface area contributed by atoms with Crippen molar-refractivity contribution in [1.29, 1.82) is 0 Å². The van der Waals surface area contributed by atoms with E-state index >= 15 is 0 Å². The number of methoxy groups -OCH3 is 1. The Bertz CT molecular complexity index is 422. The van der Waals surface area contributed by atoms with Gasteiger partial charge in [0.15, 0.2) is 11.4 Å². The summed E-state index contributed by atoms with van der Waals surface area (Å²) in [6.45, 7) is 4.52. The summed E-state index contributed by atoms with van der Waals surface area (Å²) in [4.78, 5) is 22.7. The highest BCUT2D eigenvalue weighted by Gasteiger charge is 2.82. The Hall–Kier alpha value is -1.21. The van der Waals surface area contributed by atoms with E-state index < -0.39 is 35.1 Å². The molecule has 1 aliphatic carbocycles. The molecular formula is C12H17FO6. The molecule has 0 aromatic rings.